The van der Waals surface area contributed by atoms with Gasteiger partial charge in [0.2, 0.25) is 11.1 Å². The molecule has 2 rings (SSSR count). The fraction of sp³-hybridized carbons (Fsp3) is 0.357. The Morgan fingerprint density at radius 1 is 1.45 bits per heavy atom. The predicted octanol–water partition coefficient (Wildman–Crippen LogP) is 1.68. The Balaban J connectivity index is 2.04. The van der Waals surface area contributed by atoms with Gasteiger partial charge in [-0.1, -0.05) is 30.8 Å². The van der Waals surface area contributed by atoms with E-state index in [0.717, 1.165) is 0 Å². The second kappa shape index (κ2) is 7.17. The third-order valence-electron chi connectivity index (χ3n) is 3.07. The first kappa shape index (κ1) is 16.2. The first-order chi connectivity index (χ1) is 10.6. The van der Waals surface area contributed by atoms with Crippen LogP contribution in [0, 0.1) is 0 Å². The highest BCUT2D eigenvalue weighted by atomic mass is 32.2. The lowest BCUT2D eigenvalue weighted by Gasteiger charge is -2.13. The molecule has 0 radical (unpaired) electrons. The number of carbonyl (C=O) groups is 1. The van der Waals surface area contributed by atoms with E-state index >= 15 is 0 Å². The molecule has 2 aromatic rings. The van der Waals surface area contributed by atoms with Crippen LogP contribution in [0.3, 0.4) is 0 Å². The summed E-state index contributed by atoms with van der Waals surface area (Å²) >= 11 is 1.26. The van der Waals surface area contributed by atoms with Crippen molar-refractivity contribution in [3.8, 4) is 5.75 Å². The summed E-state index contributed by atoms with van der Waals surface area (Å²) in [6, 6.07) is 7.25. The molecule has 3 N–H and O–H groups in total. The van der Waals surface area contributed by atoms with Crippen LogP contribution in [0.1, 0.15) is 19.7 Å². The van der Waals surface area contributed by atoms with Crippen molar-refractivity contribution in [2.45, 2.75) is 30.7 Å². The number of anilines is 1. The van der Waals surface area contributed by atoms with Crippen LogP contribution in [-0.2, 0) is 11.2 Å². The third kappa shape index (κ3) is 3.51. The van der Waals surface area contributed by atoms with Gasteiger partial charge in [-0.25, -0.2) is 4.68 Å². The SMILES string of the molecule is CCc1nnc(SC(C)C(=O)Nc2ccccc2OC)n1N. The molecule has 1 amide bonds. The Kier molecular flexibility index (Phi) is 5.26. The number of nitrogens with two attached hydrogens (primary N) is 1. The summed E-state index contributed by atoms with van der Waals surface area (Å²) in [5, 5.41) is 10.9. The minimum Gasteiger partial charge on any atom is -0.495 e. The Labute approximate surface area is 133 Å². The standard InChI is InChI=1S/C14H19N5O2S/c1-4-12-17-18-14(19(12)15)22-9(2)13(20)16-10-7-5-6-8-11(10)21-3/h5-9H,4,15H2,1-3H3,(H,16,20). The number of hydrogen-bond acceptors (Lipinski definition) is 6. The number of para-hydroxylation sites is 2. The molecule has 0 saturated heterocycles. The highest BCUT2D eigenvalue weighted by Gasteiger charge is 2.19. The molecule has 0 spiro atoms. The van der Waals surface area contributed by atoms with Crippen molar-refractivity contribution in [3.05, 3.63) is 30.1 Å². The lowest BCUT2D eigenvalue weighted by Crippen LogP contribution is -2.24. The van der Waals surface area contributed by atoms with Crippen LogP contribution in [0.25, 0.3) is 0 Å². The summed E-state index contributed by atoms with van der Waals surface area (Å²) in [6.07, 6.45) is 0.686. The average Bonchev–Trinajstić information content (AvgIpc) is 2.88. The second-order valence-corrected chi connectivity index (χ2v) is 5.88. The molecule has 22 heavy (non-hydrogen) atoms. The molecule has 0 aliphatic rings. The summed E-state index contributed by atoms with van der Waals surface area (Å²) in [6.45, 7) is 3.73. The number of aromatic nitrogens is 3. The van der Waals surface area contributed by atoms with Gasteiger partial charge in [-0.05, 0) is 19.1 Å². The van der Waals surface area contributed by atoms with E-state index in [1.165, 1.54) is 16.4 Å². The molecule has 118 valence electrons. The van der Waals surface area contributed by atoms with E-state index in [0.29, 0.717) is 28.8 Å². The van der Waals surface area contributed by atoms with Crippen LogP contribution in [0.2, 0.25) is 0 Å². The first-order valence-corrected chi connectivity index (χ1v) is 7.74. The zero-order chi connectivity index (χ0) is 16.1. The lowest BCUT2D eigenvalue weighted by atomic mass is 10.3. The molecular weight excluding hydrogens is 302 g/mol. The largest absolute Gasteiger partial charge is 0.495 e. The molecule has 1 atom stereocenters. The van der Waals surface area contributed by atoms with Crippen molar-refractivity contribution in [2.75, 3.05) is 18.3 Å². The van der Waals surface area contributed by atoms with Crippen LogP contribution in [0.4, 0.5) is 5.69 Å². The van der Waals surface area contributed by atoms with E-state index in [1.54, 1.807) is 26.2 Å². The van der Waals surface area contributed by atoms with Gasteiger partial charge in [-0.3, -0.25) is 4.79 Å². The van der Waals surface area contributed by atoms with Gasteiger partial charge in [0, 0.05) is 6.42 Å². The summed E-state index contributed by atoms with van der Waals surface area (Å²) < 4.78 is 6.63. The van der Waals surface area contributed by atoms with Gasteiger partial charge in [0.15, 0.2) is 5.82 Å². The molecular formula is C14H19N5O2S. The number of thioether (sulfide) groups is 1. The number of methoxy groups -OCH3 is 1. The Bertz CT molecular complexity index is 658. The number of nitrogen functional groups attached to an aromatic ring is 1. The summed E-state index contributed by atoms with van der Waals surface area (Å²) in [5.74, 6) is 7.02. The fourth-order valence-corrected chi connectivity index (χ4v) is 2.61. The molecule has 1 aromatic heterocycles. The maximum Gasteiger partial charge on any atom is 0.237 e. The normalized spacial score (nSPS) is 12.0. The number of benzene rings is 1. The number of aryl methyl sites for hydroxylation is 1. The highest BCUT2D eigenvalue weighted by Crippen LogP contribution is 2.26. The number of rotatable bonds is 6. The highest BCUT2D eigenvalue weighted by molar-refractivity contribution is 8.00. The zero-order valence-electron chi connectivity index (χ0n) is 12.7. The Morgan fingerprint density at radius 3 is 2.82 bits per heavy atom. The number of carbonyl (C=O) groups excluding carboxylic acids is 1. The van der Waals surface area contributed by atoms with Gasteiger partial charge in [-0.2, -0.15) is 0 Å². The van der Waals surface area contributed by atoms with Crippen LogP contribution < -0.4 is 15.9 Å². The molecule has 8 heteroatoms. The number of hydrogen-bond donors (Lipinski definition) is 2. The molecule has 7 nitrogen and oxygen atoms in total. The van der Waals surface area contributed by atoms with Crippen molar-refractivity contribution in [3.63, 3.8) is 0 Å². The topological polar surface area (TPSA) is 95.1 Å². The summed E-state index contributed by atoms with van der Waals surface area (Å²) in [5.41, 5.74) is 0.630. The molecule has 0 fully saturated rings. The number of amides is 1. The van der Waals surface area contributed by atoms with Gasteiger partial charge in [0.1, 0.15) is 5.75 Å². The van der Waals surface area contributed by atoms with E-state index in [2.05, 4.69) is 15.5 Å². The second-order valence-electron chi connectivity index (χ2n) is 4.57. The Morgan fingerprint density at radius 2 is 2.18 bits per heavy atom. The van der Waals surface area contributed by atoms with Crippen LogP contribution in [0.15, 0.2) is 29.4 Å². The van der Waals surface area contributed by atoms with Gasteiger partial charge in [0.05, 0.1) is 18.0 Å². The summed E-state index contributed by atoms with van der Waals surface area (Å²) in [4.78, 5) is 12.3. The monoisotopic (exact) mass is 321 g/mol. The van der Waals surface area contributed by atoms with E-state index in [9.17, 15) is 4.79 Å². The summed E-state index contributed by atoms with van der Waals surface area (Å²) in [7, 11) is 1.56. The molecule has 1 unspecified atom stereocenters. The van der Waals surface area contributed by atoms with Crippen LogP contribution in [0.5, 0.6) is 5.75 Å². The van der Waals surface area contributed by atoms with Gasteiger partial charge >= 0.3 is 0 Å². The molecule has 0 bridgehead atoms. The van der Waals surface area contributed by atoms with Gasteiger partial charge in [0.25, 0.3) is 0 Å². The molecule has 0 saturated carbocycles. The first-order valence-electron chi connectivity index (χ1n) is 6.86. The van der Waals surface area contributed by atoms with Crippen LogP contribution >= 0.6 is 11.8 Å². The number of nitrogens with zero attached hydrogens (tertiary/aromatic N) is 3. The van der Waals surface area contributed by atoms with Crippen molar-refractivity contribution >= 4 is 23.4 Å². The van der Waals surface area contributed by atoms with Crippen molar-refractivity contribution in [1.82, 2.24) is 14.9 Å². The van der Waals surface area contributed by atoms with E-state index in [1.807, 2.05) is 19.1 Å². The molecule has 1 aromatic carbocycles. The maximum atomic E-state index is 12.3. The quantitative estimate of drug-likeness (QED) is 0.621. The van der Waals surface area contributed by atoms with E-state index < -0.39 is 0 Å². The van der Waals surface area contributed by atoms with Crippen LogP contribution in [-0.4, -0.2) is 33.1 Å². The number of nitrogens with one attached hydrogen (secondary N) is 1. The zero-order valence-corrected chi connectivity index (χ0v) is 13.6. The van der Waals surface area contributed by atoms with Gasteiger partial charge in [-0.15, -0.1) is 10.2 Å². The molecule has 1 heterocycles. The lowest BCUT2D eigenvalue weighted by molar-refractivity contribution is -0.115. The fourth-order valence-electron chi connectivity index (χ4n) is 1.82. The van der Waals surface area contributed by atoms with Gasteiger partial charge < -0.3 is 15.9 Å². The Hall–Kier alpha value is -2.22. The molecule has 0 aliphatic heterocycles. The maximum absolute atomic E-state index is 12.3. The van der Waals surface area contributed by atoms with E-state index in [4.69, 9.17) is 10.6 Å². The van der Waals surface area contributed by atoms with Crippen molar-refractivity contribution < 1.29 is 9.53 Å². The van der Waals surface area contributed by atoms with Crippen molar-refractivity contribution in [2.24, 2.45) is 0 Å². The van der Waals surface area contributed by atoms with E-state index in [-0.39, 0.29) is 11.2 Å². The average molecular weight is 321 g/mol. The number of ether oxygens (including phenoxy) is 1. The third-order valence-corrected chi connectivity index (χ3v) is 4.12. The van der Waals surface area contributed by atoms with Crippen molar-refractivity contribution in [1.29, 1.82) is 0 Å². The predicted molar refractivity (Wildman–Crippen MR) is 86.5 cm³/mol. The minimum absolute atomic E-state index is 0.157. The molecule has 0 aliphatic carbocycles. The minimum atomic E-state index is -0.374. The smallest absolute Gasteiger partial charge is 0.237 e.